The van der Waals surface area contributed by atoms with Crippen LogP contribution in [0, 0.1) is 28.1 Å². The molecule has 0 radical (unpaired) electrons. The topological polar surface area (TPSA) is 0 Å². The van der Waals surface area contributed by atoms with E-state index in [1.165, 1.54) is 12.8 Å². The van der Waals surface area contributed by atoms with E-state index in [-0.39, 0.29) is 0 Å². The normalized spacial score (nSPS) is 11.7. The smallest absolute Gasteiger partial charge is 0.0378 e. The maximum absolute atomic E-state index is 2.29. The average molecular weight is 331 g/mol. The van der Waals surface area contributed by atoms with Gasteiger partial charge in [0.25, 0.3) is 0 Å². The van der Waals surface area contributed by atoms with Gasteiger partial charge in [0.15, 0.2) is 0 Å². The van der Waals surface area contributed by atoms with Gasteiger partial charge in [0.1, 0.15) is 0 Å². The zero-order chi connectivity index (χ0) is 20.1. The second kappa shape index (κ2) is 14.4. The molecule has 0 heteroatoms. The summed E-state index contributed by atoms with van der Waals surface area (Å²) in [5.74, 6) is 1.72. The molecule has 0 rings (SSSR count). The van der Waals surface area contributed by atoms with Crippen molar-refractivity contribution in [2.45, 2.75) is 124 Å². The predicted octanol–water partition coefficient (Wildman–Crippen LogP) is 9.24. The number of rotatable bonds is 1. The fourth-order valence-corrected chi connectivity index (χ4v) is 1.59. The Labute approximate surface area is 152 Å². The second-order valence-corrected chi connectivity index (χ2v) is 11.8. The van der Waals surface area contributed by atoms with Crippen LogP contribution in [0.1, 0.15) is 124 Å². The quantitative estimate of drug-likeness (QED) is 0.449. The monoisotopic (exact) mass is 330 g/mol. The molecular weight excluding hydrogens is 276 g/mol. The first kappa shape index (κ1) is 30.8. The number of hydrogen-bond donors (Lipinski definition) is 0. The van der Waals surface area contributed by atoms with Crippen molar-refractivity contribution in [2.24, 2.45) is 28.1 Å². The molecule has 0 bridgehead atoms. The summed E-state index contributed by atoms with van der Waals surface area (Å²) < 4.78 is 0. The minimum atomic E-state index is 0.484. The zero-order valence-electron chi connectivity index (χ0n) is 20.1. The Kier molecular flexibility index (Phi) is 19.2. The molecule has 146 valence electrons. The van der Waals surface area contributed by atoms with Crippen LogP contribution in [0.25, 0.3) is 0 Å². The molecule has 0 amide bonds. The van der Waals surface area contributed by atoms with E-state index in [4.69, 9.17) is 0 Å². The van der Waals surface area contributed by atoms with Crippen molar-refractivity contribution in [3.63, 3.8) is 0 Å². The van der Waals surface area contributed by atoms with E-state index >= 15 is 0 Å². The Bertz CT molecular complexity index is 191. The lowest BCUT2D eigenvalue weighted by atomic mass is 9.78. The van der Waals surface area contributed by atoms with E-state index in [1.807, 2.05) is 0 Å². The van der Waals surface area contributed by atoms with E-state index in [0.717, 1.165) is 11.8 Å². The fraction of sp³-hybridized carbons (Fsp3) is 1.00. The molecule has 0 aliphatic carbocycles. The van der Waals surface area contributed by atoms with Gasteiger partial charge in [0.05, 0.1) is 0 Å². The van der Waals surface area contributed by atoms with Crippen molar-refractivity contribution in [2.75, 3.05) is 0 Å². The summed E-state index contributed by atoms with van der Waals surface area (Å²) in [7, 11) is 0. The molecule has 0 aromatic rings. The average Bonchev–Trinajstić information content (AvgIpc) is 2.08. The Hall–Kier alpha value is 0. The Balaban J connectivity index is -0.000000112. The third kappa shape index (κ3) is 138. The predicted molar refractivity (Wildman–Crippen MR) is 114 cm³/mol. The van der Waals surface area contributed by atoms with Crippen LogP contribution >= 0.6 is 0 Å². The van der Waals surface area contributed by atoms with Crippen molar-refractivity contribution in [1.29, 1.82) is 0 Å². The largest absolute Gasteiger partial charge is 0.0651 e. The van der Waals surface area contributed by atoms with Gasteiger partial charge >= 0.3 is 0 Å². The van der Waals surface area contributed by atoms with Crippen LogP contribution in [0.2, 0.25) is 0 Å². The maximum Gasteiger partial charge on any atom is -0.0378 e. The first-order valence-corrected chi connectivity index (χ1v) is 9.71. The maximum atomic E-state index is 2.29. The van der Waals surface area contributed by atoms with E-state index in [9.17, 15) is 0 Å². The molecule has 23 heavy (non-hydrogen) atoms. The first-order valence-electron chi connectivity index (χ1n) is 9.71. The van der Waals surface area contributed by atoms with E-state index in [0.29, 0.717) is 16.2 Å². The van der Waals surface area contributed by atoms with Gasteiger partial charge in [-0.25, -0.2) is 0 Å². The molecule has 0 saturated heterocycles. The minimum Gasteiger partial charge on any atom is -0.0651 e. The van der Waals surface area contributed by atoms with Gasteiger partial charge in [-0.3, -0.25) is 0 Å². The van der Waals surface area contributed by atoms with Crippen LogP contribution in [-0.2, 0) is 0 Å². The Morgan fingerprint density at radius 1 is 0.565 bits per heavy atom. The van der Waals surface area contributed by atoms with Gasteiger partial charge < -0.3 is 0 Å². The molecule has 0 saturated carbocycles. The molecule has 0 nitrogen and oxygen atoms in total. The van der Waals surface area contributed by atoms with Gasteiger partial charge in [-0.1, -0.05) is 117 Å². The van der Waals surface area contributed by atoms with Crippen molar-refractivity contribution in [3.8, 4) is 0 Å². The van der Waals surface area contributed by atoms with Crippen molar-refractivity contribution < 1.29 is 0 Å². The Morgan fingerprint density at radius 3 is 0.696 bits per heavy atom. The Morgan fingerprint density at radius 2 is 0.696 bits per heavy atom. The first-order chi connectivity index (χ1) is 9.71. The standard InChI is InChI=1S/C9H20.2C5H12.C4H10/c1-8(2,3)7-9(4,5)6;1-5(2,3)4;1-4-5(2)3;1-4(2)3/h7H2,1-6H3;1-4H3;5H,4H2,1-3H3;4H,1-3H3. The summed E-state index contributed by atoms with van der Waals surface area (Å²) in [6.07, 6.45) is 2.60. The highest BCUT2D eigenvalue weighted by atomic mass is 14.3. The molecule has 0 atom stereocenters. The molecule has 0 unspecified atom stereocenters. The highest BCUT2D eigenvalue weighted by Crippen LogP contribution is 2.31. The molecule has 0 aliphatic heterocycles. The third-order valence-electron chi connectivity index (χ3n) is 1.88. The summed E-state index contributed by atoms with van der Waals surface area (Å²) in [5, 5.41) is 0. The summed E-state index contributed by atoms with van der Waals surface area (Å²) in [5.41, 5.74) is 1.47. The molecule has 0 spiro atoms. The number of hydrogen-bond acceptors (Lipinski definition) is 0. The van der Waals surface area contributed by atoms with Crippen molar-refractivity contribution >= 4 is 0 Å². The molecule has 0 aromatic heterocycles. The summed E-state index contributed by atoms with van der Waals surface area (Å²) in [4.78, 5) is 0. The van der Waals surface area contributed by atoms with E-state index < -0.39 is 0 Å². The SMILES string of the molecule is CC(C)(C)C.CC(C)(C)CC(C)(C)C.CC(C)C.CCC(C)C. The van der Waals surface area contributed by atoms with Crippen LogP contribution in [-0.4, -0.2) is 0 Å². The lowest BCUT2D eigenvalue weighted by Crippen LogP contribution is -2.16. The molecule has 0 fully saturated rings. The molecule has 0 aromatic carbocycles. The van der Waals surface area contributed by atoms with Gasteiger partial charge in [-0.2, -0.15) is 0 Å². The van der Waals surface area contributed by atoms with Gasteiger partial charge in [-0.05, 0) is 34.5 Å². The van der Waals surface area contributed by atoms with Crippen molar-refractivity contribution in [3.05, 3.63) is 0 Å². The van der Waals surface area contributed by atoms with Gasteiger partial charge in [-0.15, -0.1) is 0 Å². The molecule has 0 aliphatic rings. The third-order valence-corrected chi connectivity index (χ3v) is 1.88. The molecule has 0 heterocycles. The molecular formula is C23H54. The van der Waals surface area contributed by atoms with Gasteiger partial charge in [0, 0.05) is 0 Å². The summed E-state index contributed by atoms with van der Waals surface area (Å²) >= 11 is 0. The molecule has 0 N–H and O–H groups in total. The summed E-state index contributed by atoms with van der Waals surface area (Å²) in [6, 6.07) is 0. The lowest BCUT2D eigenvalue weighted by molar-refractivity contribution is 0.233. The summed E-state index contributed by atoms with van der Waals surface area (Å²) in [6.45, 7) is 35.6. The van der Waals surface area contributed by atoms with Crippen LogP contribution < -0.4 is 0 Å². The van der Waals surface area contributed by atoms with Crippen molar-refractivity contribution in [1.82, 2.24) is 0 Å². The lowest BCUT2D eigenvalue weighted by Gasteiger charge is -2.28. The van der Waals surface area contributed by atoms with E-state index in [2.05, 4.69) is 111 Å². The van der Waals surface area contributed by atoms with Crippen LogP contribution in [0.3, 0.4) is 0 Å². The van der Waals surface area contributed by atoms with Gasteiger partial charge in [0.2, 0.25) is 0 Å². The van der Waals surface area contributed by atoms with Crippen LogP contribution in [0.4, 0.5) is 0 Å². The fourth-order valence-electron chi connectivity index (χ4n) is 1.59. The van der Waals surface area contributed by atoms with E-state index in [1.54, 1.807) is 0 Å². The van der Waals surface area contributed by atoms with Crippen LogP contribution in [0.5, 0.6) is 0 Å². The highest BCUT2D eigenvalue weighted by Gasteiger charge is 2.20. The highest BCUT2D eigenvalue weighted by molar-refractivity contribution is 4.71. The minimum absolute atomic E-state index is 0.484. The van der Waals surface area contributed by atoms with Crippen LogP contribution in [0.15, 0.2) is 0 Å². The second-order valence-electron chi connectivity index (χ2n) is 11.8. The zero-order valence-corrected chi connectivity index (χ0v) is 20.1.